The van der Waals surface area contributed by atoms with Gasteiger partial charge in [0.15, 0.2) is 11.5 Å². The minimum Gasteiger partial charge on any atom is -0.490 e. The van der Waals surface area contributed by atoms with E-state index in [1.54, 1.807) is 12.1 Å². The molecular weight excluding hydrogens is 560 g/mol. The number of hydrogen-bond donors (Lipinski definition) is 1. The number of ether oxygens (including phenoxy) is 2. The van der Waals surface area contributed by atoms with Gasteiger partial charge in [-0.05, 0) is 79.4 Å². The second-order valence-electron chi connectivity index (χ2n) is 7.54. The average Bonchev–Trinajstić information content (AvgIpc) is 2.82. The fraction of sp³-hybridized carbons (Fsp3) is 0.185. The van der Waals surface area contributed by atoms with Crippen molar-refractivity contribution in [2.45, 2.75) is 27.4 Å². The molecule has 0 saturated carbocycles. The zero-order valence-corrected chi connectivity index (χ0v) is 22.3. The van der Waals surface area contributed by atoms with Crippen LogP contribution in [0.15, 0.2) is 69.1 Å². The minimum atomic E-state index is -0.475. The Bertz CT molecular complexity index is 1260. The molecule has 0 bridgehead atoms. The van der Waals surface area contributed by atoms with E-state index in [0.717, 1.165) is 21.2 Å². The second-order valence-corrected chi connectivity index (χ2v) is 9.31. The Kier molecular flexibility index (Phi) is 8.91. The highest BCUT2D eigenvalue weighted by molar-refractivity contribution is 9.10. The molecule has 3 aromatic carbocycles. The maximum absolute atomic E-state index is 12.8. The predicted molar refractivity (Wildman–Crippen MR) is 142 cm³/mol. The number of rotatable bonds is 8. The van der Waals surface area contributed by atoms with E-state index in [0.29, 0.717) is 40.4 Å². The number of nitrogens with one attached hydrogen (secondary N) is 1. The minimum absolute atomic E-state index is 0.0208. The van der Waals surface area contributed by atoms with Crippen molar-refractivity contribution in [1.82, 2.24) is 0 Å². The van der Waals surface area contributed by atoms with Crippen LogP contribution in [-0.4, -0.2) is 12.5 Å². The van der Waals surface area contributed by atoms with E-state index in [-0.39, 0.29) is 5.57 Å². The van der Waals surface area contributed by atoms with Gasteiger partial charge in [-0.25, -0.2) is 0 Å². The lowest BCUT2D eigenvalue weighted by molar-refractivity contribution is -0.112. The van der Waals surface area contributed by atoms with Gasteiger partial charge in [-0.3, -0.25) is 4.79 Å². The number of aryl methyl sites for hydroxylation is 1. The molecule has 0 heterocycles. The summed E-state index contributed by atoms with van der Waals surface area (Å²) in [4.78, 5) is 12.8. The van der Waals surface area contributed by atoms with Gasteiger partial charge in [0.25, 0.3) is 5.91 Å². The molecule has 5 nitrogen and oxygen atoms in total. The fourth-order valence-corrected chi connectivity index (χ4v) is 3.87. The van der Waals surface area contributed by atoms with Crippen molar-refractivity contribution in [1.29, 1.82) is 5.26 Å². The largest absolute Gasteiger partial charge is 0.490 e. The van der Waals surface area contributed by atoms with Crippen LogP contribution in [0.5, 0.6) is 11.5 Å². The van der Waals surface area contributed by atoms with Crippen LogP contribution in [0, 0.1) is 25.2 Å². The monoisotopic (exact) mass is 582 g/mol. The molecule has 0 radical (unpaired) electrons. The first kappa shape index (κ1) is 25.5. The van der Waals surface area contributed by atoms with Crippen molar-refractivity contribution >= 4 is 49.5 Å². The van der Waals surface area contributed by atoms with Crippen LogP contribution >= 0.6 is 31.9 Å². The normalized spacial score (nSPS) is 11.0. The van der Waals surface area contributed by atoms with Crippen molar-refractivity contribution in [2.24, 2.45) is 0 Å². The van der Waals surface area contributed by atoms with Crippen LogP contribution in [-0.2, 0) is 11.4 Å². The smallest absolute Gasteiger partial charge is 0.266 e. The lowest BCUT2D eigenvalue weighted by Gasteiger charge is -2.14. The number of halogens is 2. The number of benzene rings is 3. The summed E-state index contributed by atoms with van der Waals surface area (Å²) < 4.78 is 13.4. The highest BCUT2D eigenvalue weighted by atomic mass is 79.9. The quantitative estimate of drug-likeness (QED) is 0.222. The summed E-state index contributed by atoms with van der Waals surface area (Å²) in [6, 6.07) is 19.1. The van der Waals surface area contributed by atoms with Crippen LogP contribution in [0.25, 0.3) is 6.08 Å². The number of anilines is 1. The molecular formula is C27H24Br2N2O3. The number of carbonyl (C=O) groups is 1. The van der Waals surface area contributed by atoms with Crippen LogP contribution < -0.4 is 14.8 Å². The second kappa shape index (κ2) is 11.9. The van der Waals surface area contributed by atoms with Crippen molar-refractivity contribution in [3.8, 4) is 17.6 Å². The Labute approximate surface area is 216 Å². The van der Waals surface area contributed by atoms with Crippen LogP contribution in [0.1, 0.15) is 29.2 Å². The number of amides is 1. The molecule has 3 rings (SSSR count). The molecule has 0 fully saturated rings. The topological polar surface area (TPSA) is 71.3 Å². The summed E-state index contributed by atoms with van der Waals surface area (Å²) in [7, 11) is 0. The first-order valence-corrected chi connectivity index (χ1v) is 12.2. The molecule has 0 atom stereocenters. The standard InChI is InChI=1S/C27H24Br2N2O3/c1-4-33-25-13-20(23(29)14-26(25)34-16-19-8-10-22(28)11-9-19)12-21(15-30)27(32)31-24-7-5-6-17(2)18(24)3/h5-14H,4,16H2,1-3H3,(H,31,32)/b21-12+. The highest BCUT2D eigenvalue weighted by Crippen LogP contribution is 2.35. The molecule has 0 aliphatic rings. The number of nitrogens with zero attached hydrogens (tertiary/aromatic N) is 1. The van der Waals surface area contributed by atoms with Gasteiger partial charge in [0.2, 0.25) is 0 Å². The molecule has 1 N–H and O–H groups in total. The van der Waals surface area contributed by atoms with E-state index in [9.17, 15) is 10.1 Å². The maximum atomic E-state index is 12.8. The Balaban J connectivity index is 1.86. The summed E-state index contributed by atoms with van der Waals surface area (Å²) in [5.74, 6) is 0.616. The van der Waals surface area contributed by atoms with E-state index in [1.807, 2.05) is 69.3 Å². The number of carbonyl (C=O) groups excluding carboxylic acids is 1. The first-order valence-electron chi connectivity index (χ1n) is 10.6. The van der Waals surface area contributed by atoms with Gasteiger partial charge in [-0.2, -0.15) is 5.26 Å². The Morgan fingerprint density at radius 3 is 2.44 bits per heavy atom. The molecule has 0 aromatic heterocycles. The fourth-order valence-electron chi connectivity index (χ4n) is 3.16. The van der Waals surface area contributed by atoms with Crippen molar-refractivity contribution in [3.05, 3.63) is 91.4 Å². The first-order chi connectivity index (χ1) is 16.3. The Hall–Kier alpha value is -3.08. The lowest BCUT2D eigenvalue weighted by atomic mass is 10.1. The van der Waals surface area contributed by atoms with Crippen LogP contribution in [0.4, 0.5) is 5.69 Å². The molecule has 0 spiro atoms. The van der Waals surface area contributed by atoms with Crippen molar-refractivity contribution in [2.75, 3.05) is 11.9 Å². The predicted octanol–water partition coefficient (Wildman–Crippen LogP) is 7.35. The third kappa shape index (κ3) is 6.49. The summed E-state index contributed by atoms with van der Waals surface area (Å²) in [6.07, 6.45) is 1.53. The van der Waals surface area contributed by atoms with E-state index >= 15 is 0 Å². The molecule has 7 heteroatoms. The lowest BCUT2D eigenvalue weighted by Crippen LogP contribution is -2.14. The molecule has 0 aliphatic heterocycles. The third-order valence-corrected chi connectivity index (χ3v) is 6.40. The van der Waals surface area contributed by atoms with Crippen LogP contribution in [0.3, 0.4) is 0 Å². The molecule has 0 saturated heterocycles. The Morgan fingerprint density at radius 2 is 1.76 bits per heavy atom. The number of hydrogen-bond acceptors (Lipinski definition) is 4. The van der Waals surface area contributed by atoms with E-state index < -0.39 is 5.91 Å². The molecule has 0 unspecified atom stereocenters. The zero-order chi connectivity index (χ0) is 24.7. The van der Waals surface area contributed by atoms with Crippen molar-refractivity contribution in [3.63, 3.8) is 0 Å². The van der Waals surface area contributed by atoms with Crippen molar-refractivity contribution < 1.29 is 14.3 Å². The van der Waals surface area contributed by atoms with E-state index in [2.05, 4.69) is 37.2 Å². The van der Waals surface area contributed by atoms with Gasteiger partial charge >= 0.3 is 0 Å². The Morgan fingerprint density at radius 1 is 1.06 bits per heavy atom. The van der Waals surface area contributed by atoms with Gasteiger partial charge in [-0.15, -0.1) is 0 Å². The highest BCUT2D eigenvalue weighted by Gasteiger charge is 2.15. The molecule has 174 valence electrons. The number of nitriles is 1. The van der Waals surface area contributed by atoms with Gasteiger partial charge in [0.05, 0.1) is 6.61 Å². The third-order valence-electron chi connectivity index (χ3n) is 5.19. The van der Waals surface area contributed by atoms with Gasteiger partial charge in [0.1, 0.15) is 18.2 Å². The SMILES string of the molecule is CCOc1cc(/C=C(\C#N)C(=O)Nc2cccc(C)c2C)c(Br)cc1OCc1ccc(Br)cc1. The van der Waals surface area contributed by atoms with E-state index in [4.69, 9.17) is 9.47 Å². The summed E-state index contributed by atoms with van der Waals surface area (Å²) in [5.41, 5.74) is 4.32. The molecule has 0 aliphatic carbocycles. The maximum Gasteiger partial charge on any atom is 0.266 e. The van der Waals surface area contributed by atoms with E-state index in [1.165, 1.54) is 6.08 Å². The summed E-state index contributed by atoms with van der Waals surface area (Å²) in [5, 5.41) is 12.5. The van der Waals surface area contributed by atoms with Gasteiger partial charge in [-0.1, -0.05) is 56.1 Å². The molecule has 3 aromatic rings. The molecule has 1 amide bonds. The molecule has 34 heavy (non-hydrogen) atoms. The average molecular weight is 584 g/mol. The van der Waals surface area contributed by atoms with Gasteiger partial charge in [0, 0.05) is 14.6 Å². The summed E-state index contributed by atoms with van der Waals surface area (Å²) >= 11 is 6.96. The van der Waals surface area contributed by atoms with Gasteiger partial charge < -0.3 is 14.8 Å². The summed E-state index contributed by atoms with van der Waals surface area (Å²) in [6.45, 7) is 6.60. The zero-order valence-electron chi connectivity index (χ0n) is 19.1. The van der Waals surface area contributed by atoms with Crippen LogP contribution in [0.2, 0.25) is 0 Å².